The van der Waals surface area contributed by atoms with Gasteiger partial charge in [-0.1, -0.05) is 12.1 Å². The van der Waals surface area contributed by atoms with E-state index in [4.69, 9.17) is 11.6 Å². The Balaban J connectivity index is 2.33. The third-order valence-corrected chi connectivity index (χ3v) is 3.73. The Hall–Kier alpha value is -1.56. The number of carbonyl (C=O) groups is 2. The molecule has 21 heavy (non-hydrogen) atoms. The Bertz CT molecular complexity index is 544. The van der Waals surface area contributed by atoms with Crippen molar-refractivity contribution in [3.63, 3.8) is 0 Å². The van der Waals surface area contributed by atoms with Gasteiger partial charge in [0.1, 0.15) is 0 Å². The van der Waals surface area contributed by atoms with Crippen molar-refractivity contribution in [1.29, 1.82) is 0 Å². The van der Waals surface area contributed by atoms with Crippen LogP contribution in [-0.4, -0.2) is 34.3 Å². The highest BCUT2D eigenvalue weighted by molar-refractivity contribution is 6.24. The number of rotatable bonds is 3. The third-order valence-electron chi connectivity index (χ3n) is 3.47. The molecule has 0 saturated carbocycles. The van der Waals surface area contributed by atoms with Crippen LogP contribution in [0.3, 0.4) is 0 Å². The predicted molar refractivity (Wildman–Crippen MR) is 71.3 cm³/mol. The summed E-state index contributed by atoms with van der Waals surface area (Å²) in [7, 11) is 0. The first kappa shape index (κ1) is 15.8. The number of hydrogen-bond acceptors (Lipinski definition) is 2. The molecule has 0 spiro atoms. The molecule has 1 aliphatic rings. The van der Waals surface area contributed by atoms with Gasteiger partial charge in [0.25, 0.3) is 11.8 Å². The monoisotopic (exact) mass is 319 g/mol. The van der Waals surface area contributed by atoms with E-state index in [1.165, 1.54) is 26.0 Å². The summed E-state index contributed by atoms with van der Waals surface area (Å²) in [6, 6.07) is 5.95. The fourth-order valence-corrected chi connectivity index (χ4v) is 2.49. The number of halogens is 4. The summed E-state index contributed by atoms with van der Waals surface area (Å²) in [6.07, 6.45) is -4.61. The van der Waals surface area contributed by atoms with E-state index in [1.807, 2.05) is 0 Å². The Morgan fingerprint density at radius 3 is 1.86 bits per heavy atom. The van der Waals surface area contributed by atoms with E-state index in [1.54, 1.807) is 12.1 Å². The van der Waals surface area contributed by atoms with Crippen LogP contribution in [0, 0.1) is 5.92 Å². The quantitative estimate of drug-likeness (QED) is 0.632. The molecule has 1 heterocycles. The Morgan fingerprint density at radius 1 is 1.10 bits per heavy atom. The number of hydrogen-bond donors (Lipinski definition) is 0. The average molecular weight is 320 g/mol. The molecule has 2 amide bonds. The average Bonchev–Trinajstić information content (AvgIpc) is 2.57. The van der Waals surface area contributed by atoms with Crippen LogP contribution in [0.5, 0.6) is 0 Å². The molecule has 0 radical (unpaired) electrons. The van der Waals surface area contributed by atoms with Crippen molar-refractivity contribution in [3.05, 3.63) is 35.4 Å². The normalized spacial score (nSPS) is 17.1. The van der Waals surface area contributed by atoms with Crippen molar-refractivity contribution in [1.82, 2.24) is 4.90 Å². The maximum absolute atomic E-state index is 13.1. The van der Waals surface area contributed by atoms with Crippen LogP contribution in [0.15, 0.2) is 24.3 Å². The molecule has 1 atom stereocenters. The molecule has 7 heteroatoms. The Morgan fingerprint density at radius 2 is 1.52 bits per heavy atom. The SMILES string of the molecule is CC(C)(Cl)C(CN1C(=O)c2ccccc2C1=O)C(F)(F)F. The number of benzene rings is 1. The van der Waals surface area contributed by atoms with Gasteiger partial charge in [-0.2, -0.15) is 13.2 Å². The van der Waals surface area contributed by atoms with Gasteiger partial charge in [-0.25, -0.2) is 0 Å². The summed E-state index contributed by atoms with van der Waals surface area (Å²) in [5.41, 5.74) is 0.242. The molecule has 3 nitrogen and oxygen atoms in total. The molecular formula is C14H13ClF3NO2. The summed E-state index contributed by atoms with van der Waals surface area (Å²) in [5, 5.41) is 0. The highest BCUT2D eigenvalue weighted by Gasteiger charge is 2.51. The topological polar surface area (TPSA) is 37.4 Å². The van der Waals surface area contributed by atoms with Crippen LogP contribution < -0.4 is 0 Å². The van der Waals surface area contributed by atoms with E-state index in [0.717, 1.165) is 0 Å². The summed E-state index contributed by atoms with van der Waals surface area (Å²) in [6.45, 7) is 1.64. The molecule has 1 aromatic rings. The smallest absolute Gasteiger partial charge is 0.274 e. The van der Waals surface area contributed by atoms with Crippen LogP contribution >= 0.6 is 11.6 Å². The van der Waals surface area contributed by atoms with E-state index in [-0.39, 0.29) is 11.1 Å². The van der Waals surface area contributed by atoms with Gasteiger partial charge in [0.2, 0.25) is 0 Å². The largest absolute Gasteiger partial charge is 0.395 e. The first-order chi connectivity index (χ1) is 9.53. The minimum atomic E-state index is -4.61. The summed E-state index contributed by atoms with van der Waals surface area (Å²) >= 11 is 5.80. The molecule has 0 aliphatic carbocycles. The zero-order valence-corrected chi connectivity index (χ0v) is 12.1. The fraction of sp³-hybridized carbons (Fsp3) is 0.429. The van der Waals surface area contributed by atoms with E-state index in [2.05, 4.69) is 0 Å². The molecule has 0 saturated heterocycles. The Labute approximate surface area is 124 Å². The molecule has 1 aliphatic heterocycles. The molecule has 1 unspecified atom stereocenters. The van der Waals surface area contributed by atoms with Gasteiger partial charge in [-0.3, -0.25) is 14.5 Å². The van der Waals surface area contributed by atoms with Gasteiger partial charge in [0, 0.05) is 6.54 Å². The van der Waals surface area contributed by atoms with Gasteiger partial charge in [-0.15, -0.1) is 11.6 Å². The minimum absolute atomic E-state index is 0.121. The van der Waals surface area contributed by atoms with Crippen molar-refractivity contribution in [2.45, 2.75) is 24.9 Å². The molecule has 1 aromatic carbocycles. The number of amides is 2. The lowest BCUT2D eigenvalue weighted by atomic mass is 9.93. The zero-order chi connectivity index (χ0) is 16.0. The first-order valence-corrected chi connectivity index (χ1v) is 6.62. The first-order valence-electron chi connectivity index (χ1n) is 6.24. The second kappa shape index (κ2) is 5.02. The lowest BCUT2D eigenvalue weighted by molar-refractivity contribution is -0.183. The summed E-state index contributed by atoms with van der Waals surface area (Å²) in [4.78, 5) is 23.2. The molecule has 0 fully saturated rings. The molecule has 2 rings (SSSR count). The van der Waals surface area contributed by atoms with Crippen molar-refractivity contribution >= 4 is 23.4 Å². The Kier molecular flexibility index (Phi) is 3.78. The maximum Gasteiger partial charge on any atom is 0.395 e. The number of imide groups is 1. The van der Waals surface area contributed by atoms with Crippen LogP contribution in [0.25, 0.3) is 0 Å². The second-order valence-corrected chi connectivity index (χ2v) is 6.40. The fourth-order valence-electron chi connectivity index (χ4n) is 2.30. The van der Waals surface area contributed by atoms with E-state index in [0.29, 0.717) is 4.90 Å². The minimum Gasteiger partial charge on any atom is -0.274 e. The molecule has 0 aromatic heterocycles. The van der Waals surface area contributed by atoms with Gasteiger partial charge < -0.3 is 0 Å². The van der Waals surface area contributed by atoms with Crippen molar-refractivity contribution in [2.75, 3.05) is 6.54 Å². The van der Waals surface area contributed by atoms with E-state index in [9.17, 15) is 22.8 Å². The number of carbonyl (C=O) groups excluding carboxylic acids is 2. The standard InChI is InChI=1S/C14H13ClF3NO2/c1-13(2,15)10(14(16,17)18)7-19-11(20)8-5-3-4-6-9(8)12(19)21/h3-6,10H,7H2,1-2H3. The van der Waals surface area contributed by atoms with Crippen molar-refractivity contribution < 1.29 is 22.8 Å². The van der Waals surface area contributed by atoms with E-state index < -0.39 is 35.3 Å². The van der Waals surface area contributed by atoms with E-state index >= 15 is 0 Å². The van der Waals surface area contributed by atoms with Gasteiger partial charge in [0.15, 0.2) is 0 Å². The summed E-state index contributed by atoms with van der Waals surface area (Å²) in [5.74, 6) is -3.44. The van der Waals surface area contributed by atoms with Crippen LogP contribution in [0.2, 0.25) is 0 Å². The number of nitrogens with zero attached hydrogens (tertiary/aromatic N) is 1. The third kappa shape index (κ3) is 2.90. The van der Waals surface area contributed by atoms with Crippen LogP contribution in [0.1, 0.15) is 34.6 Å². The molecule has 114 valence electrons. The second-order valence-electron chi connectivity index (χ2n) is 5.43. The van der Waals surface area contributed by atoms with Gasteiger partial charge in [-0.05, 0) is 26.0 Å². The van der Waals surface area contributed by atoms with Crippen molar-refractivity contribution in [2.24, 2.45) is 5.92 Å². The highest BCUT2D eigenvalue weighted by Crippen LogP contribution is 2.40. The highest BCUT2D eigenvalue weighted by atomic mass is 35.5. The lowest BCUT2D eigenvalue weighted by Gasteiger charge is -2.32. The zero-order valence-electron chi connectivity index (χ0n) is 11.4. The van der Waals surface area contributed by atoms with Gasteiger partial charge >= 0.3 is 6.18 Å². The number of fused-ring (bicyclic) bond motifs is 1. The lowest BCUT2D eigenvalue weighted by Crippen LogP contribution is -2.47. The maximum atomic E-state index is 13.1. The van der Waals surface area contributed by atoms with Gasteiger partial charge in [0.05, 0.1) is 21.9 Å². The molecular weight excluding hydrogens is 307 g/mol. The summed E-state index contributed by atoms with van der Waals surface area (Å²) < 4.78 is 39.4. The molecule has 0 bridgehead atoms. The van der Waals surface area contributed by atoms with Crippen LogP contribution in [-0.2, 0) is 0 Å². The number of alkyl halides is 4. The van der Waals surface area contributed by atoms with Crippen molar-refractivity contribution in [3.8, 4) is 0 Å². The predicted octanol–water partition coefficient (Wildman–Crippen LogP) is 3.48. The molecule has 0 N–H and O–H groups in total. The van der Waals surface area contributed by atoms with Crippen LogP contribution in [0.4, 0.5) is 13.2 Å².